The Morgan fingerprint density at radius 2 is 2.09 bits per heavy atom. The minimum Gasteiger partial charge on any atom is -0.367 e. The van der Waals surface area contributed by atoms with Gasteiger partial charge < -0.3 is 19.9 Å². The van der Waals surface area contributed by atoms with E-state index < -0.39 is 11.5 Å². The number of primary amides is 1. The number of morpholine rings is 1. The molecule has 1 aliphatic heterocycles. The molecule has 0 radical (unpaired) electrons. The zero-order valence-electron chi connectivity index (χ0n) is 13.4. The molecule has 1 aliphatic rings. The van der Waals surface area contributed by atoms with Gasteiger partial charge in [0.05, 0.1) is 18.7 Å². The van der Waals surface area contributed by atoms with Crippen LogP contribution in [0.2, 0.25) is 0 Å². The van der Waals surface area contributed by atoms with Crippen molar-refractivity contribution in [2.75, 3.05) is 19.7 Å². The number of aromatic nitrogens is 1. The van der Waals surface area contributed by atoms with E-state index in [1.165, 1.54) is 0 Å². The Hall–Kier alpha value is -2.34. The molecule has 1 aromatic heterocycles. The van der Waals surface area contributed by atoms with E-state index in [0.29, 0.717) is 18.7 Å². The Labute approximate surface area is 134 Å². The Bertz CT molecular complexity index is 768. The number of rotatable bonds is 3. The predicted octanol–water partition coefficient (Wildman–Crippen LogP) is 1.38. The third-order valence-electron chi connectivity index (χ3n) is 4.44. The molecule has 0 bridgehead atoms. The van der Waals surface area contributed by atoms with Crippen LogP contribution in [0.3, 0.4) is 0 Å². The van der Waals surface area contributed by atoms with Gasteiger partial charge in [0.1, 0.15) is 0 Å². The van der Waals surface area contributed by atoms with Gasteiger partial charge in [-0.3, -0.25) is 9.59 Å². The van der Waals surface area contributed by atoms with Crippen LogP contribution < -0.4 is 5.73 Å². The fourth-order valence-electron chi connectivity index (χ4n) is 3.04. The summed E-state index contributed by atoms with van der Waals surface area (Å²) in [5.74, 6) is -0.643. The number of benzene rings is 1. The normalized spacial score (nSPS) is 21.6. The molecule has 0 aliphatic carbocycles. The lowest BCUT2D eigenvalue weighted by molar-refractivity contribution is -0.150. The molecule has 1 atom stereocenters. The molecule has 0 spiro atoms. The average Bonchev–Trinajstić information content (AvgIpc) is 2.93. The summed E-state index contributed by atoms with van der Waals surface area (Å²) in [5.41, 5.74) is 5.97. The van der Waals surface area contributed by atoms with E-state index in [1.807, 2.05) is 37.4 Å². The third kappa shape index (κ3) is 2.59. The van der Waals surface area contributed by atoms with Gasteiger partial charge in [-0.25, -0.2) is 0 Å². The summed E-state index contributed by atoms with van der Waals surface area (Å²) in [6.45, 7) is 5.39. The van der Waals surface area contributed by atoms with Gasteiger partial charge in [-0.05, 0) is 19.9 Å². The Balaban J connectivity index is 1.96. The average molecular weight is 315 g/mol. The van der Waals surface area contributed by atoms with Gasteiger partial charge in [-0.1, -0.05) is 18.2 Å². The quantitative estimate of drug-likeness (QED) is 0.929. The molecule has 122 valence electrons. The molecule has 2 N–H and O–H groups in total. The SMILES string of the molecule is CCn1cc(C(=O)N2CCO[C@](C)(C(N)=O)C2)c2ccccc21. The molecule has 1 aromatic carbocycles. The number of hydrogen-bond donors (Lipinski definition) is 1. The maximum atomic E-state index is 13.0. The lowest BCUT2D eigenvalue weighted by Crippen LogP contribution is -2.58. The highest BCUT2D eigenvalue weighted by Crippen LogP contribution is 2.25. The van der Waals surface area contributed by atoms with E-state index in [-0.39, 0.29) is 12.5 Å². The number of nitrogens with two attached hydrogens (primary N) is 1. The molecule has 3 rings (SSSR count). The van der Waals surface area contributed by atoms with Crippen molar-refractivity contribution in [1.29, 1.82) is 0 Å². The van der Waals surface area contributed by atoms with E-state index in [2.05, 4.69) is 4.57 Å². The van der Waals surface area contributed by atoms with E-state index in [9.17, 15) is 9.59 Å². The minimum atomic E-state index is -1.13. The fraction of sp³-hybridized carbons (Fsp3) is 0.412. The van der Waals surface area contributed by atoms with Crippen LogP contribution in [0.25, 0.3) is 10.9 Å². The monoisotopic (exact) mass is 315 g/mol. The highest BCUT2D eigenvalue weighted by Gasteiger charge is 2.39. The van der Waals surface area contributed by atoms with Crippen LogP contribution in [-0.4, -0.2) is 46.6 Å². The number of para-hydroxylation sites is 1. The highest BCUT2D eigenvalue weighted by molar-refractivity contribution is 6.07. The number of hydrogen-bond acceptors (Lipinski definition) is 3. The maximum absolute atomic E-state index is 13.0. The van der Waals surface area contributed by atoms with Crippen molar-refractivity contribution in [2.45, 2.75) is 26.0 Å². The number of ether oxygens (including phenoxy) is 1. The molecule has 0 unspecified atom stereocenters. The van der Waals surface area contributed by atoms with Crippen molar-refractivity contribution in [3.05, 3.63) is 36.0 Å². The Morgan fingerprint density at radius 1 is 1.35 bits per heavy atom. The second-order valence-corrected chi connectivity index (χ2v) is 6.02. The topological polar surface area (TPSA) is 77.6 Å². The smallest absolute Gasteiger partial charge is 0.256 e. The second-order valence-electron chi connectivity index (χ2n) is 6.02. The molecule has 23 heavy (non-hydrogen) atoms. The molecule has 1 saturated heterocycles. The lowest BCUT2D eigenvalue weighted by atomic mass is 10.0. The summed E-state index contributed by atoms with van der Waals surface area (Å²) in [5, 5.41) is 0.923. The van der Waals surface area contributed by atoms with Gasteiger partial charge >= 0.3 is 0 Å². The Kier molecular flexibility index (Phi) is 3.85. The molecule has 6 nitrogen and oxygen atoms in total. The van der Waals surface area contributed by atoms with Crippen LogP contribution in [-0.2, 0) is 16.1 Å². The first-order chi connectivity index (χ1) is 11.0. The first-order valence-corrected chi connectivity index (χ1v) is 7.77. The molecule has 1 fully saturated rings. The number of fused-ring (bicyclic) bond motifs is 1. The second kappa shape index (κ2) is 5.70. The molecule has 6 heteroatoms. The first kappa shape index (κ1) is 15.6. The van der Waals surface area contributed by atoms with E-state index in [1.54, 1.807) is 11.8 Å². The summed E-state index contributed by atoms with van der Waals surface area (Å²) in [7, 11) is 0. The molecule has 2 heterocycles. The van der Waals surface area contributed by atoms with E-state index in [4.69, 9.17) is 10.5 Å². The van der Waals surface area contributed by atoms with Crippen LogP contribution in [0, 0.1) is 0 Å². The zero-order valence-corrected chi connectivity index (χ0v) is 13.4. The van der Waals surface area contributed by atoms with Crippen molar-refractivity contribution in [3.63, 3.8) is 0 Å². The van der Waals surface area contributed by atoms with Crippen molar-refractivity contribution in [2.24, 2.45) is 5.73 Å². The van der Waals surface area contributed by atoms with E-state index in [0.717, 1.165) is 17.4 Å². The summed E-state index contributed by atoms with van der Waals surface area (Å²) >= 11 is 0. The molecular weight excluding hydrogens is 294 g/mol. The molecule has 2 aromatic rings. The minimum absolute atomic E-state index is 0.0934. The largest absolute Gasteiger partial charge is 0.367 e. The van der Waals surface area contributed by atoms with E-state index >= 15 is 0 Å². The first-order valence-electron chi connectivity index (χ1n) is 7.77. The molecule has 2 amide bonds. The summed E-state index contributed by atoms with van der Waals surface area (Å²) in [6.07, 6.45) is 1.88. The molecule has 0 saturated carbocycles. The third-order valence-corrected chi connectivity index (χ3v) is 4.44. The highest BCUT2D eigenvalue weighted by atomic mass is 16.5. The van der Waals surface area contributed by atoms with Gasteiger partial charge in [0.2, 0.25) is 0 Å². The predicted molar refractivity (Wildman–Crippen MR) is 87.1 cm³/mol. The summed E-state index contributed by atoms with van der Waals surface area (Å²) < 4.78 is 7.54. The van der Waals surface area contributed by atoms with Crippen LogP contribution in [0.5, 0.6) is 0 Å². The van der Waals surface area contributed by atoms with Crippen LogP contribution in [0.4, 0.5) is 0 Å². The number of nitrogens with zero attached hydrogens (tertiary/aromatic N) is 2. The molecular formula is C17H21N3O3. The zero-order chi connectivity index (χ0) is 16.6. The van der Waals surface area contributed by atoms with Crippen molar-refractivity contribution in [3.8, 4) is 0 Å². The van der Waals surface area contributed by atoms with Crippen molar-refractivity contribution in [1.82, 2.24) is 9.47 Å². The van der Waals surface area contributed by atoms with Crippen LogP contribution >= 0.6 is 0 Å². The van der Waals surface area contributed by atoms with Crippen LogP contribution in [0.1, 0.15) is 24.2 Å². The van der Waals surface area contributed by atoms with Crippen molar-refractivity contribution < 1.29 is 14.3 Å². The van der Waals surface area contributed by atoms with Gasteiger partial charge in [0, 0.05) is 30.2 Å². The number of aryl methyl sites for hydroxylation is 1. The number of amides is 2. The number of carbonyl (C=O) groups excluding carboxylic acids is 2. The fourth-order valence-corrected chi connectivity index (χ4v) is 3.04. The van der Waals surface area contributed by atoms with Gasteiger partial charge in [-0.15, -0.1) is 0 Å². The van der Waals surface area contributed by atoms with Crippen molar-refractivity contribution >= 4 is 22.7 Å². The maximum Gasteiger partial charge on any atom is 0.256 e. The van der Waals surface area contributed by atoms with Gasteiger partial charge in [0.25, 0.3) is 11.8 Å². The number of carbonyl (C=O) groups is 2. The van der Waals surface area contributed by atoms with Crippen LogP contribution in [0.15, 0.2) is 30.5 Å². The lowest BCUT2D eigenvalue weighted by Gasteiger charge is -2.38. The summed E-state index contributed by atoms with van der Waals surface area (Å²) in [4.78, 5) is 26.2. The standard InChI is InChI=1S/C17H21N3O3/c1-3-19-10-13(12-6-4-5-7-14(12)19)15(21)20-8-9-23-17(2,11-20)16(18)22/h4-7,10H,3,8-9,11H2,1-2H3,(H2,18,22)/t17-/m0/s1. The van der Waals surface area contributed by atoms with Gasteiger partial charge in [0.15, 0.2) is 5.60 Å². The van der Waals surface area contributed by atoms with Gasteiger partial charge in [-0.2, -0.15) is 0 Å². The Morgan fingerprint density at radius 3 is 2.78 bits per heavy atom. The summed E-state index contributed by atoms with van der Waals surface area (Å²) in [6, 6.07) is 7.83.